The van der Waals surface area contributed by atoms with Gasteiger partial charge in [-0.2, -0.15) is 4.73 Å². The number of carbonyl (C=O) groups excluding carboxylic acids is 1. The standard InChI is InChI=1S/C24H30N4O4/c1-24(2,30)16-10-17(11-16)26-13-15-9-19(22(32-3)12-18(15)25)27-23(29)21-6-4-5-20(28(21)31)14-7-8-14/h4-6,9,12-14,16-17,25-26,30H,7-8,10-11H2,1-3H3,(H,27,29)/b15-13-,25-18?/t16-,17+. The fraction of sp³-hybridized carbons (Fsp3) is 0.458. The summed E-state index contributed by atoms with van der Waals surface area (Å²) >= 11 is 0. The van der Waals surface area contributed by atoms with Crippen molar-refractivity contribution in [3.8, 4) is 0 Å². The Morgan fingerprint density at radius 1 is 1.31 bits per heavy atom. The van der Waals surface area contributed by atoms with Crippen LogP contribution in [0.4, 0.5) is 0 Å². The summed E-state index contributed by atoms with van der Waals surface area (Å²) in [5, 5.41) is 37.1. The van der Waals surface area contributed by atoms with Crippen LogP contribution in [0.1, 0.15) is 61.6 Å². The minimum atomic E-state index is -0.689. The third-order valence-electron chi connectivity index (χ3n) is 6.43. The van der Waals surface area contributed by atoms with Crippen LogP contribution in [0.25, 0.3) is 0 Å². The van der Waals surface area contributed by atoms with Crippen LogP contribution in [0.5, 0.6) is 0 Å². The average Bonchev–Trinajstić information content (AvgIpc) is 3.52. The zero-order chi connectivity index (χ0) is 23.0. The maximum atomic E-state index is 12.9. The first kappa shape index (κ1) is 22.1. The van der Waals surface area contributed by atoms with Crippen molar-refractivity contribution in [1.82, 2.24) is 10.6 Å². The van der Waals surface area contributed by atoms with Crippen LogP contribution in [-0.4, -0.2) is 35.5 Å². The summed E-state index contributed by atoms with van der Waals surface area (Å²) in [7, 11) is 1.47. The molecule has 0 saturated heterocycles. The number of hydrogen-bond acceptors (Lipinski definition) is 6. The number of methoxy groups -OCH3 is 1. The number of allylic oxidation sites excluding steroid dienone is 3. The van der Waals surface area contributed by atoms with Crippen molar-refractivity contribution >= 4 is 11.6 Å². The Kier molecular flexibility index (Phi) is 5.81. The van der Waals surface area contributed by atoms with Crippen molar-refractivity contribution in [3.63, 3.8) is 0 Å². The predicted octanol–water partition coefficient (Wildman–Crippen LogP) is 2.40. The molecule has 2 fully saturated rings. The van der Waals surface area contributed by atoms with E-state index >= 15 is 0 Å². The smallest absolute Gasteiger partial charge is 0.321 e. The molecule has 3 aliphatic rings. The van der Waals surface area contributed by atoms with Crippen LogP contribution in [0.2, 0.25) is 0 Å². The van der Waals surface area contributed by atoms with E-state index in [0.717, 1.165) is 25.7 Å². The molecule has 8 nitrogen and oxygen atoms in total. The topological polar surface area (TPSA) is 121 Å². The lowest BCUT2D eigenvalue weighted by Gasteiger charge is -2.42. The van der Waals surface area contributed by atoms with E-state index in [0.29, 0.717) is 27.5 Å². The van der Waals surface area contributed by atoms with Gasteiger partial charge in [0.25, 0.3) is 5.69 Å². The van der Waals surface area contributed by atoms with Crippen LogP contribution in [0.3, 0.4) is 0 Å². The molecule has 8 heteroatoms. The lowest BCUT2D eigenvalue weighted by molar-refractivity contribution is -0.616. The second-order valence-corrected chi connectivity index (χ2v) is 9.33. The molecule has 0 aliphatic heterocycles. The van der Waals surface area contributed by atoms with E-state index in [1.807, 2.05) is 13.8 Å². The highest BCUT2D eigenvalue weighted by atomic mass is 16.5. The maximum absolute atomic E-state index is 12.9. The summed E-state index contributed by atoms with van der Waals surface area (Å²) < 4.78 is 6.06. The first-order chi connectivity index (χ1) is 15.2. The van der Waals surface area contributed by atoms with Crippen molar-refractivity contribution in [2.24, 2.45) is 5.92 Å². The zero-order valence-corrected chi connectivity index (χ0v) is 18.6. The highest BCUT2D eigenvalue weighted by Crippen LogP contribution is 2.38. The minimum Gasteiger partial charge on any atom is -0.618 e. The molecule has 4 N–H and O–H groups in total. The van der Waals surface area contributed by atoms with Crippen LogP contribution in [-0.2, 0) is 4.74 Å². The summed E-state index contributed by atoms with van der Waals surface area (Å²) in [6, 6.07) is 5.22. The van der Waals surface area contributed by atoms with Gasteiger partial charge in [-0.25, -0.2) is 0 Å². The first-order valence-corrected chi connectivity index (χ1v) is 11.0. The average molecular weight is 439 g/mol. The van der Waals surface area contributed by atoms with Crippen LogP contribution in [0, 0.1) is 16.5 Å². The molecule has 0 radical (unpaired) electrons. The predicted molar refractivity (Wildman–Crippen MR) is 120 cm³/mol. The van der Waals surface area contributed by atoms with Gasteiger partial charge in [-0.05, 0) is 57.6 Å². The third kappa shape index (κ3) is 4.55. The maximum Gasteiger partial charge on any atom is 0.321 e. The minimum absolute atomic E-state index is 0.0298. The van der Waals surface area contributed by atoms with E-state index < -0.39 is 11.5 Å². The number of amides is 1. The summed E-state index contributed by atoms with van der Waals surface area (Å²) in [6.07, 6.45) is 8.60. The molecule has 1 aromatic heterocycles. The van der Waals surface area contributed by atoms with E-state index in [2.05, 4.69) is 10.6 Å². The number of aromatic nitrogens is 1. The monoisotopic (exact) mass is 438 g/mol. The summed E-state index contributed by atoms with van der Waals surface area (Å²) in [5.74, 6) is 0.304. The Bertz CT molecular complexity index is 1020. The molecule has 3 aliphatic carbocycles. The molecule has 0 spiro atoms. The first-order valence-electron chi connectivity index (χ1n) is 11.0. The van der Waals surface area contributed by atoms with Gasteiger partial charge in [0, 0.05) is 41.9 Å². The number of aliphatic hydroxyl groups is 1. The van der Waals surface area contributed by atoms with Gasteiger partial charge in [-0.15, -0.1) is 0 Å². The van der Waals surface area contributed by atoms with Crippen molar-refractivity contribution in [2.75, 3.05) is 7.11 Å². The van der Waals surface area contributed by atoms with Crippen molar-refractivity contribution in [1.29, 1.82) is 5.41 Å². The van der Waals surface area contributed by atoms with Gasteiger partial charge < -0.3 is 31.1 Å². The Labute approximate surface area is 187 Å². The largest absolute Gasteiger partial charge is 0.618 e. The van der Waals surface area contributed by atoms with Gasteiger partial charge in [0.1, 0.15) is 5.76 Å². The van der Waals surface area contributed by atoms with Crippen molar-refractivity contribution in [2.45, 2.75) is 57.1 Å². The SMILES string of the molecule is COC1=CC(=N)/C(=C\N[C@H]2C[C@@H](C(C)(C)O)C2)C=C1NC(=O)c1cccc(C2CC2)[n+]1[O-]. The Balaban J connectivity index is 1.48. The zero-order valence-electron chi connectivity index (χ0n) is 18.6. The third-order valence-corrected chi connectivity index (χ3v) is 6.43. The lowest BCUT2D eigenvalue weighted by Crippen LogP contribution is -2.48. The molecule has 1 amide bonds. The normalized spacial score (nSPS) is 24.4. The summed E-state index contributed by atoms with van der Waals surface area (Å²) in [6.45, 7) is 3.65. The summed E-state index contributed by atoms with van der Waals surface area (Å²) in [4.78, 5) is 12.9. The molecule has 2 saturated carbocycles. The summed E-state index contributed by atoms with van der Waals surface area (Å²) in [5.41, 5.74) is 1.19. The molecule has 0 aromatic carbocycles. The van der Waals surface area contributed by atoms with Gasteiger partial charge in [0.15, 0.2) is 5.69 Å². The molecular weight excluding hydrogens is 408 g/mol. The van der Waals surface area contributed by atoms with E-state index in [9.17, 15) is 15.1 Å². The molecule has 4 rings (SSSR count). The van der Waals surface area contributed by atoms with Crippen LogP contribution < -0.4 is 15.4 Å². The fourth-order valence-electron chi connectivity index (χ4n) is 4.07. The van der Waals surface area contributed by atoms with Gasteiger partial charge in [-0.3, -0.25) is 4.79 Å². The number of ether oxygens (including phenoxy) is 1. The fourth-order valence-corrected chi connectivity index (χ4v) is 4.07. The van der Waals surface area contributed by atoms with Gasteiger partial charge in [-0.1, -0.05) is 0 Å². The van der Waals surface area contributed by atoms with Gasteiger partial charge >= 0.3 is 5.91 Å². The quantitative estimate of drug-likeness (QED) is 0.385. The number of pyridine rings is 1. The number of rotatable bonds is 7. The molecular formula is C24H30N4O4. The second-order valence-electron chi connectivity index (χ2n) is 9.33. The van der Waals surface area contributed by atoms with E-state index in [1.54, 1.807) is 24.4 Å². The number of hydrogen-bond donors (Lipinski definition) is 4. The van der Waals surface area contributed by atoms with Crippen LogP contribution in [0.15, 0.2) is 53.6 Å². The molecule has 0 bridgehead atoms. The highest BCUT2D eigenvalue weighted by molar-refractivity contribution is 6.10. The van der Waals surface area contributed by atoms with Crippen molar-refractivity contribution in [3.05, 3.63) is 70.2 Å². The van der Waals surface area contributed by atoms with Crippen molar-refractivity contribution < 1.29 is 19.4 Å². The number of nitrogens with one attached hydrogen (secondary N) is 3. The molecule has 170 valence electrons. The molecule has 0 unspecified atom stereocenters. The number of carbonyl (C=O) groups is 1. The second kappa shape index (κ2) is 8.43. The Morgan fingerprint density at radius 3 is 2.66 bits per heavy atom. The molecule has 0 atom stereocenters. The highest BCUT2D eigenvalue weighted by Gasteiger charge is 2.38. The Morgan fingerprint density at radius 2 is 2.03 bits per heavy atom. The molecule has 1 heterocycles. The molecule has 1 aromatic rings. The number of nitrogens with zero attached hydrogens (tertiary/aromatic N) is 1. The van der Waals surface area contributed by atoms with Crippen LogP contribution >= 0.6 is 0 Å². The Hall–Kier alpha value is -3.13. The van der Waals surface area contributed by atoms with E-state index in [-0.39, 0.29) is 29.3 Å². The molecule has 32 heavy (non-hydrogen) atoms. The lowest BCUT2D eigenvalue weighted by atomic mass is 9.71. The van der Waals surface area contributed by atoms with Gasteiger partial charge in [0.2, 0.25) is 0 Å². The van der Waals surface area contributed by atoms with E-state index in [1.165, 1.54) is 19.3 Å². The van der Waals surface area contributed by atoms with E-state index in [4.69, 9.17) is 10.1 Å². The van der Waals surface area contributed by atoms with Gasteiger partial charge in [0.05, 0.1) is 24.1 Å².